The van der Waals surface area contributed by atoms with Gasteiger partial charge in [-0.05, 0) is 44.2 Å². The van der Waals surface area contributed by atoms with Crippen molar-refractivity contribution in [2.75, 3.05) is 13.1 Å². The van der Waals surface area contributed by atoms with Crippen molar-refractivity contribution in [3.05, 3.63) is 10.4 Å². The summed E-state index contributed by atoms with van der Waals surface area (Å²) in [6, 6.07) is 2.32. The van der Waals surface area contributed by atoms with Gasteiger partial charge >= 0.3 is 0 Å². The second kappa shape index (κ2) is 4.85. The first-order chi connectivity index (χ1) is 6.73. The first-order valence-electron chi connectivity index (χ1n) is 4.90. The molecule has 0 heterocycles. The minimum Gasteiger partial charge on any atom is -0.299 e. The molecule has 1 rings (SSSR count). The summed E-state index contributed by atoms with van der Waals surface area (Å²) in [6.45, 7) is 3.17. The van der Waals surface area contributed by atoms with E-state index in [-0.39, 0.29) is 5.54 Å². The van der Waals surface area contributed by atoms with Crippen LogP contribution in [0.5, 0.6) is 0 Å². The molecule has 0 spiro atoms. The van der Waals surface area contributed by atoms with E-state index < -0.39 is 0 Å². The van der Waals surface area contributed by atoms with Gasteiger partial charge in [-0.1, -0.05) is 5.11 Å². The van der Waals surface area contributed by atoms with Gasteiger partial charge in [0.2, 0.25) is 0 Å². The summed E-state index contributed by atoms with van der Waals surface area (Å²) >= 11 is 0. The molecule has 0 aromatic carbocycles. The lowest BCUT2D eigenvalue weighted by Crippen LogP contribution is -2.43. The van der Waals surface area contributed by atoms with Gasteiger partial charge in [-0.2, -0.15) is 5.26 Å². The van der Waals surface area contributed by atoms with E-state index in [9.17, 15) is 0 Å². The molecule has 0 aliphatic heterocycles. The number of nitrogens with one attached hydrogen (secondary N) is 1. The molecule has 0 aromatic rings. The lowest BCUT2D eigenvalue weighted by atomic mass is 9.98. The highest BCUT2D eigenvalue weighted by Crippen LogP contribution is 2.38. The van der Waals surface area contributed by atoms with Crippen molar-refractivity contribution in [3.8, 4) is 6.07 Å². The Bertz CT molecular complexity index is 271. The molecule has 0 saturated heterocycles. The zero-order valence-electron chi connectivity index (χ0n) is 8.40. The Balaban J connectivity index is 2.21. The molecule has 1 aliphatic rings. The maximum absolute atomic E-state index is 9.00. The Morgan fingerprint density at radius 1 is 1.71 bits per heavy atom. The van der Waals surface area contributed by atoms with Gasteiger partial charge in [-0.15, -0.1) is 0 Å². The smallest absolute Gasteiger partial charge is 0.106 e. The molecule has 1 fully saturated rings. The van der Waals surface area contributed by atoms with Crippen molar-refractivity contribution in [1.82, 2.24) is 5.32 Å². The van der Waals surface area contributed by atoms with E-state index in [0.29, 0.717) is 12.5 Å². The number of azide groups is 1. The monoisotopic (exact) mass is 193 g/mol. The first-order valence-corrected chi connectivity index (χ1v) is 4.90. The first kappa shape index (κ1) is 10.8. The van der Waals surface area contributed by atoms with Gasteiger partial charge < -0.3 is 0 Å². The summed E-state index contributed by atoms with van der Waals surface area (Å²) in [6.07, 6.45) is 3.08. The maximum Gasteiger partial charge on any atom is 0.106 e. The average molecular weight is 193 g/mol. The van der Waals surface area contributed by atoms with Crippen LogP contribution in [0.3, 0.4) is 0 Å². The molecular formula is C9H15N5. The standard InChI is InChI=1S/C9H15N5/c1-9(7-10,8-3-4-8)12-5-2-6-13-14-11/h8,12H,2-6H2,1H3. The van der Waals surface area contributed by atoms with Crippen LogP contribution < -0.4 is 5.32 Å². The van der Waals surface area contributed by atoms with Crippen LogP contribution in [-0.4, -0.2) is 18.6 Å². The fraction of sp³-hybridized carbons (Fsp3) is 0.889. The van der Waals surface area contributed by atoms with Crippen LogP contribution in [0.2, 0.25) is 0 Å². The van der Waals surface area contributed by atoms with Crippen LogP contribution in [0.1, 0.15) is 26.2 Å². The average Bonchev–Trinajstić information content (AvgIpc) is 3.01. The predicted molar refractivity (Wildman–Crippen MR) is 53.4 cm³/mol. The molecule has 1 saturated carbocycles. The van der Waals surface area contributed by atoms with Crippen molar-refractivity contribution in [2.24, 2.45) is 11.0 Å². The summed E-state index contributed by atoms with van der Waals surface area (Å²) in [5.41, 5.74) is 7.68. The van der Waals surface area contributed by atoms with Crippen molar-refractivity contribution < 1.29 is 0 Å². The minimum atomic E-state index is -0.379. The van der Waals surface area contributed by atoms with Gasteiger partial charge in [0, 0.05) is 11.5 Å². The zero-order chi connectivity index (χ0) is 10.4. The van der Waals surface area contributed by atoms with Gasteiger partial charge in [-0.25, -0.2) is 0 Å². The number of nitriles is 1. The minimum absolute atomic E-state index is 0.379. The summed E-state index contributed by atoms with van der Waals surface area (Å²) in [5, 5.41) is 15.7. The lowest BCUT2D eigenvalue weighted by Gasteiger charge is -2.22. The van der Waals surface area contributed by atoms with E-state index in [1.165, 1.54) is 0 Å². The highest BCUT2D eigenvalue weighted by Gasteiger charge is 2.41. The molecule has 0 aromatic heterocycles. The van der Waals surface area contributed by atoms with E-state index in [4.69, 9.17) is 10.8 Å². The molecule has 1 unspecified atom stereocenters. The van der Waals surface area contributed by atoms with E-state index in [1.807, 2.05) is 6.92 Å². The molecule has 1 aliphatic carbocycles. The van der Waals surface area contributed by atoms with Crippen LogP contribution in [0.4, 0.5) is 0 Å². The van der Waals surface area contributed by atoms with Gasteiger partial charge in [0.1, 0.15) is 5.54 Å². The summed E-state index contributed by atoms with van der Waals surface area (Å²) in [5.74, 6) is 0.506. The molecule has 0 radical (unpaired) electrons. The van der Waals surface area contributed by atoms with Crippen molar-refractivity contribution in [3.63, 3.8) is 0 Å². The number of rotatable bonds is 6. The summed E-state index contributed by atoms with van der Waals surface area (Å²) < 4.78 is 0. The molecule has 1 N–H and O–H groups in total. The molecular weight excluding hydrogens is 178 g/mol. The molecule has 76 valence electrons. The van der Waals surface area contributed by atoms with Gasteiger partial charge in [0.15, 0.2) is 0 Å². The van der Waals surface area contributed by atoms with Crippen LogP contribution in [-0.2, 0) is 0 Å². The second-order valence-corrected chi connectivity index (χ2v) is 3.82. The Morgan fingerprint density at radius 3 is 2.93 bits per heavy atom. The Morgan fingerprint density at radius 2 is 2.43 bits per heavy atom. The third-order valence-corrected chi connectivity index (χ3v) is 2.62. The van der Waals surface area contributed by atoms with Crippen LogP contribution >= 0.6 is 0 Å². The molecule has 1 atom stereocenters. The highest BCUT2D eigenvalue weighted by molar-refractivity contribution is 5.12. The largest absolute Gasteiger partial charge is 0.299 e. The normalized spacial score (nSPS) is 19.1. The van der Waals surface area contributed by atoms with E-state index in [0.717, 1.165) is 25.8 Å². The Hall–Kier alpha value is -1.24. The van der Waals surface area contributed by atoms with Gasteiger partial charge in [0.25, 0.3) is 0 Å². The van der Waals surface area contributed by atoms with Crippen molar-refractivity contribution in [2.45, 2.75) is 31.7 Å². The second-order valence-electron chi connectivity index (χ2n) is 3.82. The molecule has 5 nitrogen and oxygen atoms in total. The molecule has 5 heteroatoms. The fourth-order valence-corrected chi connectivity index (χ4v) is 1.48. The maximum atomic E-state index is 9.00. The fourth-order valence-electron chi connectivity index (χ4n) is 1.48. The van der Waals surface area contributed by atoms with Crippen LogP contribution in [0.15, 0.2) is 5.11 Å². The van der Waals surface area contributed by atoms with Crippen molar-refractivity contribution >= 4 is 0 Å². The topological polar surface area (TPSA) is 84.6 Å². The third-order valence-electron chi connectivity index (χ3n) is 2.62. The third kappa shape index (κ3) is 2.91. The molecule has 14 heavy (non-hydrogen) atoms. The van der Waals surface area contributed by atoms with Gasteiger partial charge in [-0.3, -0.25) is 5.32 Å². The summed E-state index contributed by atoms with van der Waals surface area (Å²) in [7, 11) is 0. The van der Waals surface area contributed by atoms with E-state index >= 15 is 0 Å². The van der Waals surface area contributed by atoms with Gasteiger partial charge in [0.05, 0.1) is 6.07 Å². The Kier molecular flexibility index (Phi) is 3.75. The summed E-state index contributed by atoms with van der Waals surface area (Å²) in [4.78, 5) is 2.67. The molecule has 0 amide bonds. The lowest BCUT2D eigenvalue weighted by molar-refractivity contribution is 0.396. The quantitative estimate of drug-likeness (QED) is 0.302. The zero-order valence-corrected chi connectivity index (χ0v) is 8.40. The van der Waals surface area contributed by atoms with Crippen LogP contribution in [0.25, 0.3) is 10.4 Å². The van der Waals surface area contributed by atoms with E-state index in [1.54, 1.807) is 0 Å². The number of hydrogen-bond donors (Lipinski definition) is 1. The predicted octanol–water partition coefficient (Wildman–Crippen LogP) is 1.97. The van der Waals surface area contributed by atoms with E-state index in [2.05, 4.69) is 21.4 Å². The number of nitrogens with zero attached hydrogens (tertiary/aromatic N) is 4. The SMILES string of the molecule is CC(C#N)(NCCCN=[N+]=[N-])C1CC1. The highest BCUT2D eigenvalue weighted by atomic mass is 15.1. The number of hydrogen-bond acceptors (Lipinski definition) is 3. The molecule has 0 bridgehead atoms. The van der Waals surface area contributed by atoms with Crippen LogP contribution in [0, 0.1) is 17.2 Å². The Labute approximate surface area is 83.7 Å². The van der Waals surface area contributed by atoms with Crippen molar-refractivity contribution in [1.29, 1.82) is 5.26 Å².